The number of methoxy groups -OCH3 is 1. The molecule has 2 rings (SSSR count). The van der Waals surface area contributed by atoms with Crippen molar-refractivity contribution in [3.63, 3.8) is 0 Å². The number of esters is 1. The lowest BCUT2D eigenvalue weighted by Gasteiger charge is -2.13. The first-order chi connectivity index (χ1) is 10.8. The van der Waals surface area contributed by atoms with Gasteiger partial charge in [-0.3, -0.25) is 4.72 Å². The van der Waals surface area contributed by atoms with E-state index in [0.717, 1.165) is 5.56 Å². The van der Waals surface area contributed by atoms with Gasteiger partial charge in [0.1, 0.15) is 5.56 Å². The van der Waals surface area contributed by atoms with E-state index in [2.05, 4.69) is 9.46 Å². The van der Waals surface area contributed by atoms with Crippen molar-refractivity contribution >= 4 is 21.7 Å². The zero-order chi connectivity index (χ0) is 17.2. The van der Waals surface area contributed by atoms with E-state index in [0.29, 0.717) is 5.56 Å². The minimum absolute atomic E-state index is 0.0899. The number of phenols is 1. The smallest absolute Gasteiger partial charge is 0.341 e. The van der Waals surface area contributed by atoms with E-state index >= 15 is 0 Å². The maximum atomic E-state index is 12.5. The molecule has 0 saturated heterocycles. The molecule has 0 saturated carbocycles. The minimum Gasteiger partial charge on any atom is -0.505 e. The molecule has 0 spiro atoms. The van der Waals surface area contributed by atoms with E-state index < -0.39 is 21.7 Å². The fraction of sp³-hybridized carbons (Fsp3) is 0.188. The van der Waals surface area contributed by atoms with Crippen LogP contribution in [0.5, 0.6) is 5.75 Å². The molecule has 7 heteroatoms. The van der Waals surface area contributed by atoms with Gasteiger partial charge < -0.3 is 9.84 Å². The topological polar surface area (TPSA) is 92.7 Å². The maximum absolute atomic E-state index is 12.5. The SMILES string of the molecule is COC(=O)c1cccc(NS(=O)(=O)c2ccc(C)cc2C)c1O. The number of ether oxygens (including phenoxy) is 1. The summed E-state index contributed by atoms with van der Waals surface area (Å²) < 4.78 is 31.8. The largest absolute Gasteiger partial charge is 0.505 e. The zero-order valence-corrected chi connectivity index (χ0v) is 13.8. The number of anilines is 1. The van der Waals surface area contributed by atoms with Gasteiger partial charge in [-0.15, -0.1) is 0 Å². The van der Waals surface area contributed by atoms with E-state index in [1.807, 2.05) is 6.92 Å². The Hall–Kier alpha value is -2.54. The van der Waals surface area contributed by atoms with Crippen LogP contribution in [0.25, 0.3) is 0 Å². The molecular weight excluding hydrogens is 318 g/mol. The second-order valence-corrected chi connectivity index (χ2v) is 6.72. The average Bonchev–Trinajstić information content (AvgIpc) is 2.48. The molecule has 2 N–H and O–H groups in total. The summed E-state index contributed by atoms with van der Waals surface area (Å²) in [6.45, 7) is 3.55. The highest BCUT2D eigenvalue weighted by Crippen LogP contribution is 2.30. The van der Waals surface area contributed by atoms with E-state index in [9.17, 15) is 18.3 Å². The van der Waals surface area contributed by atoms with Crippen LogP contribution in [-0.2, 0) is 14.8 Å². The van der Waals surface area contributed by atoms with Gasteiger partial charge >= 0.3 is 5.97 Å². The molecule has 0 aliphatic heterocycles. The number of carbonyl (C=O) groups excluding carboxylic acids is 1. The molecule has 122 valence electrons. The number of phenolic OH excluding ortho intramolecular Hbond substituents is 1. The molecule has 2 aromatic rings. The van der Waals surface area contributed by atoms with E-state index in [1.54, 1.807) is 19.1 Å². The van der Waals surface area contributed by atoms with Crippen LogP contribution in [0.3, 0.4) is 0 Å². The molecule has 0 unspecified atom stereocenters. The van der Waals surface area contributed by atoms with Crippen molar-refractivity contribution in [3.8, 4) is 5.75 Å². The summed E-state index contributed by atoms with van der Waals surface area (Å²) in [5.74, 6) is -1.23. The molecule has 0 aliphatic carbocycles. The molecule has 2 aromatic carbocycles. The van der Waals surface area contributed by atoms with Crippen molar-refractivity contribution in [1.29, 1.82) is 0 Å². The number of aryl methyl sites for hydroxylation is 2. The fourth-order valence-corrected chi connectivity index (χ4v) is 3.50. The summed E-state index contributed by atoms with van der Waals surface area (Å²) in [5.41, 5.74) is 1.32. The Morgan fingerprint density at radius 1 is 1.17 bits per heavy atom. The molecule has 6 nitrogen and oxygen atoms in total. The molecule has 0 atom stereocenters. The summed E-state index contributed by atoms with van der Waals surface area (Å²) >= 11 is 0. The summed E-state index contributed by atoms with van der Waals surface area (Å²) in [5, 5.41) is 10.1. The van der Waals surface area contributed by atoms with Crippen LogP contribution in [-0.4, -0.2) is 26.6 Å². The number of benzene rings is 2. The Kier molecular flexibility index (Phi) is 4.60. The second kappa shape index (κ2) is 6.29. The standard InChI is InChI=1S/C16H17NO5S/c1-10-7-8-14(11(2)9-10)23(20,21)17-13-6-4-5-12(15(13)18)16(19)22-3/h4-9,17-18H,1-3H3. The van der Waals surface area contributed by atoms with Crippen LogP contribution in [0, 0.1) is 13.8 Å². The van der Waals surface area contributed by atoms with Gasteiger partial charge in [-0.1, -0.05) is 23.8 Å². The Bertz CT molecular complexity index is 859. The lowest BCUT2D eigenvalue weighted by atomic mass is 10.2. The number of hydrogen-bond donors (Lipinski definition) is 2. The minimum atomic E-state index is -3.89. The number of carbonyl (C=O) groups is 1. The third-order valence-corrected chi connectivity index (χ3v) is 4.83. The number of sulfonamides is 1. The molecule has 0 aliphatic rings. The Morgan fingerprint density at radius 2 is 1.87 bits per heavy atom. The number of nitrogens with one attached hydrogen (secondary N) is 1. The van der Waals surface area contributed by atoms with E-state index in [1.165, 1.54) is 31.4 Å². The summed E-state index contributed by atoms with van der Waals surface area (Å²) in [6.07, 6.45) is 0. The molecule has 0 bridgehead atoms. The van der Waals surface area contributed by atoms with Crippen molar-refractivity contribution in [2.24, 2.45) is 0 Å². The fourth-order valence-electron chi connectivity index (χ4n) is 2.20. The highest BCUT2D eigenvalue weighted by atomic mass is 32.2. The highest BCUT2D eigenvalue weighted by Gasteiger charge is 2.21. The predicted octanol–water partition coefficient (Wildman–Crippen LogP) is 2.60. The number of rotatable bonds is 4. The normalized spacial score (nSPS) is 11.1. The van der Waals surface area contributed by atoms with Gasteiger partial charge in [-0.25, -0.2) is 13.2 Å². The van der Waals surface area contributed by atoms with Gasteiger partial charge in [0.05, 0.1) is 17.7 Å². The third-order valence-electron chi connectivity index (χ3n) is 3.31. The monoisotopic (exact) mass is 335 g/mol. The van der Waals surface area contributed by atoms with Crippen LogP contribution in [0.2, 0.25) is 0 Å². The van der Waals surface area contributed by atoms with Gasteiger partial charge in [0.15, 0.2) is 5.75 Å². The Balaban J connectivity index is 2.44. The average molecular weight is 335 g/mol. The lowest BCUT2D eigenvalue weighted by Crippen LogP contribution is -2.15. The van der Waals surface area contributed by atoms with Crippen LogP contribution in [0.1, 0.15) is 21.5 Å². The molecule has 23 heavy (non-hydrogen) atoms. The van der Waals surface area contributed by atoms with Gasteiger partial charge in [0, 0.05) is 0 Å². The van der Waals surface area contributed by atoms with Gasteiger partial charge in [0.25, 0.3) is 10.0 Å². The van der Waals surface area contributed by atoms with Crippen molar-refractivity contribution in [2.45, 2.75) is 18.7 Å². The van der Waals surface area contributed by atoms with Crippen molar-refractivity contribution in [3.05, 3.63) is 53.1 Å². The molecule has 0 fully saturated rings. The first kappa shape index (κ1) is 16.8. The number of aromatic hydroxyl groups is 1. The van der Waals surface area contributed by atoms with Crippen molar-refractivity contribution < 1.29 is 23.1 Å². The zero-order valence-electron chi connectivity index (χ0n) is 13.0. The van der Waals surface area contributed by atoms with Crippen molar-refractivity contribution in [1.82, 2.24) is 0 Å². The first-order valence-corrected chi connectivity index (χ1v) is 8.25. The maximum Gasteiger partial charge on any atom is 0.341 e. The van der Waals surface area contributed by atoms with Crippen LogP contribution < -0.4 is 4.72 Å². The molecule has 0 radical (unpaired) electrons. The van der Waals surface area contributed by atoms with E-state index in [4.69, 9.17) is 0 Å². The van der Waals surface area contributed by atoms with Gasteiger partial charge in [-0.2, -0.15) is 0 Å². The highest BCUT2D eigenvalue weighted by molar-refractivity contribution is 7.92. The van der Waals surface area contributed by atoms with Crippen LogP contribution in [0.4, 0.5) is 5.69 Å². The number of hydrogen-bond acceptors (Lipinski definition) is 5. The summed E-state index contributed by atoms with van der Waals surface area (Å²) in [7, 11) is -2.72. The third kappa shape index (κ3) is 3.45. The molecular formula is C16H17NO5S. The van der Waals surface area contributed by atoms with Crippen molar-refractivity contribution in [2.75, 3.05) is 11.8 Å². The first-order valence-electron chi connectivity index (χ1n) is 6.76. The number of para-hydroxylation sites is 1. The van der Waals surface area contributed by atoms with Crippen LogP contribution in [0.15, 0.2) is 41.3 Å². The Morgan fingerprint density at radius 3 is 2.48 bits per heavy atom. The predicted molar refractivity (Wildman–Crippen MR) is 86.2 cm³/mol. The summed E-state index contributed by atoms with van der Waals surface area (Å²) in [6, 6.07) is 9.09. The second-order valence-electron chi connectivity index (χ2n) is 5.07. The molecule has 0 aromatic heterocycles. The Labute approximate surface area is 134 Å². The molecule has 0 amide bonds. The van der Waals surface area contributed by atoms with Crippen LogP contribution >= 0.6 is 0 Å². The quantitative estimate of drug-likeness (QED) is 0.662. The van der Waals surface area contributed by atoms with Gasteiger partial charge in [0.2, 0.25) is 0 Å². The molecule has 0 heterocycles. The summed E-state index contributed by atoms with van der Waals surface area (Å²) in [4.78, 5) is 11.7. The van der Waals surface area contributed by atoms with Gasteiger partial charge in [-0.05, 0) is 37.6 Å². The van der Waals surface area contributed by atoms with E-state index in [-0.39, 0.29) is 16.1 Å². The lowest BCUT2D eigenvalue weighted by molar-refractivity contribution is 0.0597.